The van der Waals surface area contributed by atoms with Gasteiger partial charge in [0.25, 0.3) is 0 Å². The molecule has 0 spiro atoms. The van der Waals surface area contributed by atoms with Gasteiger partial charge in [0.15, 0.2) is 5.82 Å². The van der Waals surface area contributed by atoms with Crippen LogP contribution in [0.3, 0.4) is 0 Å². The van der Waals surface area contributed by atoms with Crippen molar-refractivity contribution >= 4 is 5.82 Å². The van der Waals surface area contributed by atoms with Crippen molar-refractivity contribution in [2.45, 2.75) is 13.1 Å². The molecule has 0 aliphatic rings. The van der Waals surface area contributed by atoms with E-state index < -0.39 is 17.6 Å². The summed E-state index contributed by atoms with van der Waals surface area (Å²) in [4.78, 5) is 16.4. The minimum atomic E-state index is -4.51. The topological polar surface area (TPSA) is 72.8 Å². The van der Waals surface area contributed by atoms with Crippen LogP contribution in [0.4, 0.5) is 19.0 Å². The monoisotopic (exact) mass is 375 g/mol. The predicted molar refractivity (Wildman–Crippen MR) is 93.2 cm³/mol. The van der Waals surface area contributed by atoms with Gasteiger partial charge in [-0.05, 0) is 31.2 Å². The third-order valence-electron chi connectivity index (χ3n) is 3.50. The van der Waals surface area contributed by atoms with Crippen molar-refractivity contribution in [2.24, 2.45) is 0 Å². The fraction of sp³-hybridized carbons (Fsp3) is 0.222. The fourth-order valence-corrected chi connectivity index (χ4v) is 2.33. The van der Waals surface area contributed by atoms with Gasteiger partial charge in [0, 0.05) is 35.9 Å². The Morgan fingerprint density at radius 2 is 1.93 bits per heavy atom. The molecule has 0 amide bonds. The lowest BCUT2D eigenvalue weighted by Gasteiger charge is -2.13. The minimum Gasteiger partial charge on any atom is -0.475 e. The van der Waals surface area contributed by atoms with Crippen LogP contribution in [-0.2, 0) is 6.18 Å². The van der Waals surface area contributed by atoms with E-state index in [4.69, 9.17) is 4.74 Å². The van der Waals surface area contributed by atoms with Gasteiger partial charge in [0.05, 0.1) is 6.54 Å². The number of rotatable bonds is 6. The van der Waals surface area contributed by atoms with Gasteiger partial charge in [-0.3, -0.25) is 4.98 Å². The number of ether oxygens (including phenoxy) is 1. The van der Waals surface area contributed by atoms with Crippen molar-refractivity contribution in [3.8, 4) is 17.3 Å². The zero-order valence-corrected chi connectivity index (χ0v) is 14.4. The molecule has 3 aromatic rings. The highest BCUT2D eigenvalue weighted by Gasteiger charge is 2.34. The Bertz CT molecular complexity index is 903. The van der Waals surface area contributed by atoms with Crippen LogP contribution in [0.2, 0.25) is 0 Å². The maximum Gasteiger partial charge on any atom is 0.421 e. The number of anilines is 1. The second kappa shape index (κ2) is 7.98. The van der Waals surface area contributed by atoms with Gasteiger partial charge in [-0.1, -0.05) is 0 Å². The number of nitrogens with one attached hydrogen (secondary N) is 1. The van der Waals surface area contributed by atoms with E-state index in [0.717, 1.165) is 17.3 Å². The summed E-state index contributed by atoms with van der Waals surface area (Å²) >= 11 is 0. The molecule has 140 valence electrons. The molecule has 0 aliphatic heterocycles. The maximum absolute atomic E-state index is 12.9. The molecule has 3 heterocycles. The van der Waals surface area contributed by atoms with Crippen LogP contribution in [0.5, 0.6) is 5.88 Å². The molecule has 0 aliphatic carbocycles. The zero-order valence-electron chi connectivity index (χ0n) is 14.4. The maximum atomic E-state index is 12.9. The number of alkyl halides is 3. The Hall–Kier alpha value is -3.23. The van der Waals surface area contributed by atoms with Gasteiger partial charge in [0.1, 0.15) is 18.0 Å². The first kappa shape index (κ1) is 18.6. The van der Waals surface area contributed by atoms with Crippen molar-refractivity contribution in [3.05, 3.63) is 60.2 Å². The molecular formula is C18H16F3N5O. The summed E-state index contributed by atoms with van der Waals surface area (Å²) in [7, 11) is 0. The van der Waals surface area contributed by atoms with E-state index in [2.05, 4.69) is 25.3 Å². The molecule has 6 nitrogen and oxygen atoms in total. The second-order valence-electron chi connectivity index (χ2n) is 5.59. The smallest absolute Gasteiger partial charge is 0.421 e. The molecule has 3 rings (SSSR count). The molecule has 0 bridgehead atoms. The highest BCUT2D eigenvalue weighted by molar-refractivity contribution is 5.56. The van der Waals surface area contributed by atoms with Crippen molar-refractivity contribution in [2.75, 3.05) is 18.5 Å². The molecule has 1 N–H and O–H groups in total. The van der Waals surface area contributed by atoms with E-state index in [9.17, 15) is 13.2 Å². The second-order valence-corrected chi connectivity index (χ2v) is 5.59. The predicted octanol–water partition coefficient (Wildman–Crippen LogP) is 3.75. The summed E-state index contributed by atoms with van der Waals surface area (Å²) in [6.45, 7) is 2.06. The third-order valence-corrected chi connectivity index (χ3v) is 3.50. The van der Waals surface area contributed by atoms with E-state index in [-0.39, 0.29) is 13.2 Å². The minimum absolute atomic E-state index is 0.00856. The summed E-state index contributed by atoms with van der Waals surface area (Å²) < 4.78 is 43.9. The zero-order chi connectivity index (χ0) is 19.3. The van der Waals surface area contributed by atoms with E-state index >= 15 is 0 Å². The van der Waals surface area contributed by atoms with Crippen LogP contribution >= 0.6 is 0 Å². The van der Waals surface area contributed by atoms with Crippen molar-refractivity contribution in [1.29, 1.82) is 0 Å². The summed E-state index contributed by atoms with van der Waals surface area (Å²) in [5.74, 6) is 0.610. The molecule has 0 radical (unpaired) electrons. The number of pyridine rings is 2. The number of hydrogen-bond acceptors (Lipinski definition) is 6. The van der Waals surface area contributed by atoms with Gasteiger partial charge >= 0.3 is 6.18 Å². The van der Waals surface area contributed by atoms with Gasteiger partial charge in [0.2, 0.25) is 5.88 Å². The average Bonchev–Trinajstić information content (AvgIpc) is 2.65. The summed E-state index contributed by atoms with van der Waals surface area (Å²) in [5.41, 5.74) is 0.613. The SMILES string of the molecule is Cc1cc(NCCOc2ncccc2C(F)(F)F)nc(-c2cccnc2)n1. The Labute approximate surface area is 153 Å². The highest BCUT2D eigenvalue weighted by Crippen LogP contribution is 2.34. The lowest BCUT2D eigenvalue weighted by atomic mass is 10.2. The summed E-state index contributed by atoms with van der Waals surface area (Å²) in [6.07, 6.45) is 0.0510. The molecule has 0 saturated carbocycles. The van der Waals surface area contributed by atoms with E-state index in [1.807, 2.05) is 13.0 Å². The van der Waals surface area contributed by atoms with Crippen LogP contribution < -0.4 is 10.1 Å². The van der Waals surface area contributed by atoms with Gasteiger partial charge in [-0.2, -0.15) is 13.2 Å². The third kappa shape index (κ3) is 4.90. The lowest BCUT2D eigenvalue weighted by molar-refractivity contribution is -0.139. The van der Waals surface area contributed by atoms with E-state index in [1.165, 1.54) is 12.3 Å². The molecule has 0 saturated heterocycles. The Morgan fingerprint density at radius 1 is 1.11 bits per heavy atom. The molecule has 0 aromatic carbocycles. The number of aryl methyl sites for hydroxylation is 1. The number of nitrogens with zero attached hydrogens (tertiary/aromatic N) is 4. The molecule has 0 fully saturated rings. The Morgan fingerprint density at radius 3 is 2.67 bits per heavy atom. The van der Waals surface area contributed by atoms with Crippen LogP contribution in [0.25, 0.3) is 11.4 Å². The Kier molecular flexibility index (Phi) is 5.49. The average molecular weight is 375 g/mol. The normalized spacial score (nSPS) is 11.3. The number of halogens is 3. The van der Waals surface area contributed by atoms with Crippen molar-refractivity contribution in [3.63, 3.8) is 0 Å². The van der Waals surface area contributed by atoms with Crippen LogP contribution in [-0.4, -0.2) is 33.1 Å². The molecule has 3 aromatic heterocycles. The Balaban J connectivity index is 1.63. The standard InChI is InChI=1S/C18H16F3N5O/c1-12-10-15(26-16(25-12)13-4-2-6-22-11-13)23-8-9-27-17-14(18(19,20)21)5-3-7-24-17/h2-7,10-11H,8-9H2,1H3,(H,23,25,26). The van der Waals surface area contributed by atoms with E-state index in [0.29, 0.717) is 11.6 Å². The summed E-state index contributed by atoms with van der Waals surface area (Å²) in [6, 6.07) is 7.52. The molecule has 0 unspecified atom stereocenters. The van der Waals surface area contributed by atoms with Crippen molar-refractivity contribution in [1.82, 2.24) is 19.9 Å². The highest BCUT2D eigenvalue weighted by atomic mass is 19.4. The van der Waals surface area contributed by atoms with Crippen LogP contribution in [0.1, 0.15) is 11.3 Å². The van der Waals surface area contributed by atoms with Gasteiger partial charge < -0.3 is 10.1 Å². The molecular weight excluding hydrogens is 359 g/mol. The van der Waals surface area contributed by atoms with Crippen molar-refractivity contribution < 1.29 is 17.9 Å². The van der Waals surface area contributed by atoms with E-state index in [1.54, 1.807) is 24.5 Å². The largest absolute Gasteiger partial charge is 0.475 e. The van der Waals surface area contributed by atoms with Crippen LogP contribution in [0, 0.1) is 6.92 Å². The lowest BCUT2D eigenvalue weighted by Crippen LogP contribution is -2.16. The molecule has 0 atom stereocenters. The molecule has 27 heavy (non-hydrogen) atoms. The first-order chi connectivity index (χ1) is 12.9. The summed E-state index contributed by atoms with van der Waals surface area (Å²) in [5, 5.41) is 3.02. The van der Waals surface area contributed by atoms with Gasteiger partial charge in [-0.25, -0.2) is 15.0 Å². The first-order valence-corrected chi connectivity index (χ1v) is 8.08. The van der Waals surface area contributed by atoms with Crippen LogP contribution in [0.15, 0.2) is 48.9 Å². The fourth-order valence-electron chi connectivity index (χ4n) is 2.33. The molecule has 9 heteroatoms. The number of aromatic nitrogens is 4. The number of hydrogen-bond donors (Lipinski definition) is 1. The van der Waals surface area contributed by atoms with Gasteiger partial charge in [-0.15, -0.1) is 0 Å². The first-order valence-electron chi connectivity index (χ1n) is 8.08. The quantitative estimate of drug-likeness (QED) is 0.662.